The van der Waals surface area contributed by atoms with Gasteiger partial charge in [-0.05, 0) is 30.4 Å². The molecule has 3 aromatic rings. The predicted octanol–water partition coefficient (Wildman–Crippen LogP) is 5.40. The molecule has 0 saturated heterocycles. The minimum absolute atomic E-state index is 0.0767. The van der Waals surface area contributed by atoms with Gasteiger partial charge in [0, 0.05) is 23.3 Å². The number of rotatable bonds is 5. The number of carbonyl (C=O) groups excluding carboxylic acids is 1. The number of nitro groups is 1. The summed E-state index contributed by atoms with van der Waals surface area (Å²) in [6.07, 6.45) is 2.96. The third-order valence-electron chi connectivity index (χ3n) is 3.51. The van der Waals surface area contributed by atoms with Gasteiger partial charge in [0.15, 0.2) is 5.78 Å². The van der Waals surface area contributed by atoms with Crippen LogP contribution in [-0.2, 0) is 0 Å². The van der Waals surface area contributed by atoms with Crippen LogP contribution in [0.2, 0.25) is 5.02 Å². The molecule has 0 saturated carbocycles. The molecular weight excluding hydrogens is 342 g/mol. The van der Waals surface area contributed by atoms with Gasteiger partial charge < -0.3 is 4.42 Å². The van der Waals surface area contributed by atoms with Gasteiger partial charge >= 0.3 is 0 Å². The van der Waals surface area contributed by atoms with E-state index in [-0.39, 0.29) is 11.5 Å². The van der Waals surface area contributed by atoms with Gasteiger partial charge in [0.05, 0.1) is 9.95 Å². The zero-order valence-corrected chi connectivity index (χ0v) is 13.6. The van der Waals surface area contributed by atoms with Gasteiger partial charge in [-0.25, -0.2) is 0 Å². The predicted molar refractivity (Wildman–Crippen MR) is 95.6 cm³/mol. The standard InChI is InChI=1S/C19H12ClNO4/c20-17-9-6-14(21(23)24)12-16(17)19-11-8-15(25-19)7-10-18(22)13-4-2-1-3-5-13/h1-12H. The van der Waals surface area contributed by atoms with Gasteiger partial charge in [-0.2, -0.15) is 0 Å². The Morgan fingerprint density at radius 1 is 1.08 bits per heavy atom. The van der Waals surface area contributed by atoms with Crippen molar-refractivity contribution in [3.63, 3.8) is 0 Å². The van der Waals surface area contributed by atoms with Crippen molar-refractivity contribution in [2.24, 2.45) is 0 Å². The Morgan fingerprint density at radius 2 is 1.84 bits per heavy atom. The molecule has 0 fully saturated rings. The van der Waals surface area contributed by atoms with E-state index in [4.69, 9.17) is 16.0 Å². The molecule has 0 spiro atoms. The molecular formula is C19H12ClNO4. The monoisotopic (exact) mass is 353 g/mol. The number of benzene rings is 2. The number of ketones is 1. The van der Waals surface area contributed by atoms with Crippen LogP contribution < -0.4 is 0 Å². The van der Waals surface area contributed by atoms with E-state index >= 15 is 0 Å². The maximum absolute atomic E-state index is 12.0. The number of nitrogens with zero attached hydrogens (tertiary/aromatic N) is 1. The summed E-state index contributed by atoms with van der Waals surface area (Å²) in [5.74, 6) is 0.689. The summed E-state index contributed by atoms with van der Waals surface area (Å²) < 4.78 is 5.63. The molecule has 2 aromatic carbocycles. The van der Waals surface area contributed by atoms with Crippen molar-refractivity contribution in [1.29, 1.82) is 0 Å². The molecule has 6 heteroatoms. The maximum atomic E-state index is 12.0. The van der Waals surface area contributed by atoms with Crippen molar-refractivity contribution in [3.05, 3.63) is 93.2 Å². The summed E-state index contributed by atoms with van der Waals surface area (Å²) in [6.45, 7) is 0. The minimum Gasteiger partial charge on any atom is -0.457 e. The van der Waals surface area contributed by atoms with Crippen LogP contribution in [0.3, 0.4) is 0 Å². The molecule has 1 aromatic heterocycles. The van der Waals surface area contributed by atoms with Crippen molar-refractivity contribution >= 4 is 29.1 Å². The average molecular weight is 354 g/mol. The third-order valence-corrected chi connectivity index (χ3v) is 3.84. The average Bonchev–Trinajstić information content (AvgIpc) is 3.09. The van der Waals surface area contributed by atoms with Crippen molar-refractivity contribution in [3.8, 4) is 11.3 Å². The zero-order chi connectivity index (χ0) is 17.8. The minimum atomic E-state index is -0.498. The first kappa shape index (κ1) is 16.7. The summed E-state index contributed by atoms with van der Waals surface area (Å²) in [4.78, 5) is 22.4. The molecule has 25 heavy (non-hydrogen) atoms. The lowest BCUT2D eigenvalue weighted by atomic mass is 10.1. The molecule has 0 N–H and O–H groups in total. The number of carbonyl (C=O) groups is 1. The smallest absolute Gasteiger partial charge is 0.270 e. The number of hydrogen-bond donors (Lipinski definition) is 0. The van der Waals surface area contributed by atoms with E-state index in [1.54, 1.807) is 42.5 Å². The molecule has 0 unspecified atom stereocenters. The van der Waals surface area contributed by atoms with Crippen LogP contribution in [0.15, 0.2) is 71.2 Å². The van der Waals surface area contributed by atoms with Gasteiger partial charge in [0.2, 0.25) is 0 Å². The van der Waals surface area contributed by atoms with Crippen LogP contribution >= 0.6 is 11.6 Å². The lowest BCUT2D eigenvalue weighted by Crippen LogP contribution is -1.92. The van der Waals surface area contributed by atoms with Gasteiger partial charge in [-0.1, -0.05) is 41.9 Å². The number of furan rings is 1. The fraction of sp³-hybridized carbons (Fsp3) is 0. The lowest BCUT2D eigenvalue weighted by molar-refractivity contribution is -0.384. The second kappa shape index (κ2) is 7.15. The fourth-order valence-corrected chi connectivity index (χ4v) is 2.47. The normalized spacial score (nSPS) is 10.9. The molecule has 124 valence electrons. The Hall–Kier alpha value is -3.18. The molecule has 0 amide bonds. The second-order valence-electron chi connectivity index (χ2n) is 5.19. The highest BCUT2D eigenvalue weighted by atomic mass is 35.5. The van der Waals surface area contributed by atoms with Crippen LogP contribution in [0.4, 0.5) is 5.69 Å². The van der Waals surface area contributed by atoms with Crippen molar-refractivity contribution in [2.75, 3.05) is 0 Å². The largest absolute Gasteiger partial charge is 0.457 e. The first-order chi connectivity index (χ1) is 12.0. The molecule has 1 heterocycles. The molecule has 0 bridgehead atoms. The van der Waals surface area contributed by atoms with E-state index in [1.807, 2.05) is 6.07 Å². The highest BCUT2D eigenvalue weighted by Crippen LogP contribution is 2.32. The van der Waals surface area contributed by atoms with Crippen LogP contribution in [0.1, 0.15) is 16.1 Å². The molecule has 0 atom stereocenters. The van der Waals surface area contributed by atoms with Crippen molar-refractivity contribution in [1.82, 2.24) is 0 Å². The Kier molecular flexibility index (Phi) is 4.77. The quantitative estimate of drug-likeness (QED) is 0.266. The Bertz CT molecular complexity index is 961. The first-order valence-corrected chi connectivity index (χ1v) is 7.74. The fourth-order valence-electron chi connectivity index (χ4n) is 2.26. The number of halogens is 1. The summed E-state index contributed by atoms with van der Waals surface area (Å²) in [6, 6.07) is 16.3. The van der Waals surface area contributed by atoms with Crippen LogP contribution in [0.5, 0.6) is 0 Å². The molecule has 3 rings (SSSR count). The van der Waals surface area contributed by atoms with E-state index in [0.29, 0.717) is 27.7 Å². The summed E-state index contributed by atoms with van der Waals surface area (Å²) >= 11 is 6.10. The van der Waals surface area contributed by atoms with E-state index in [1.165, 1.54) is 24.3 Å². The lowest BCUT2D eigenvalue weighted by Gasteiger charge is -2.00. The van der Waals surface area contributed by atoms with E-state index < -0.39 is 4.92 Å². The molecule has 0 aliphatic carbocycles. The number of non-ortho nitro benzene ring substituents is 1. The van der Waals surface area contributed by atoms with Crippen molar-refractivity contribution < 1.29 is 14.1 Å². The number of nitro benzene ring substituents is 1. The van der Waals surface area contributed by atoms with Crippen LogP contribution in [-0.4, -0.2) is 10.7 Å². The molecule has 0 radical (unpaired) electrons. The zero-order valence-electron chi connectivity index (χ0n) is 12.9. The summed E-state index contributed by atoms with van der Waals surface area (Å²) in [5.41, 5.74) is 0.921. The topological polar surface area (TPSA) is 73.3 Å². The van der Waals surface area contributed by atoms with E-state index in [9.17, 15) is 14.9 Å². The Labute approximate surface area is 148 Å². The van der Waals surface area contributed by atoms with E-state index in [0.717, 1.165) is 0 Å². The highest BCUT2D eigenvalue weighted by molar-refractivity contribution is 6.33. The summed E-state index contributed by atoms with van der Waals surface area (Å²) in [5, 5.41) is 11.2. The molecule has 0 aliphatic heterocycles. The van der Waals surface area contributed by atoms with Gasteiger partial charge in [-0.3, -0.25) is 14.9 Å². The first-order valence-electron chi connectivity index (χ1n) is 7.36. The third kappa shape index (κ3) is 3.84. The molecule has 0 aliphatic rings. The van der Waals surface area contributed by atoms with Gasteiger partial charge in [0.25, 0.3) is 5.69 Å². The Balaban J connectivity index is 1.84. The van der Waals surface area contributed by atoms with Gasteiger partial charge in [-0.15, -0.1) is 0 Å². The van der Waals surface area contributed by atoms with Gasteiger partial charge in [0.1, 0.15) is 11.5 Å². The SMILES string of the molecule is O=C(C=Cc1ccc(-c2cc([N+](=O)[O-])ccc2Cl)o1)c1ccccc1. The highest BCUT2D eigenvalue weighted by Gasteiger charge is 2.14. The Morgan fingerprint density at radius 3 is 2.56 bits per heavy atom. The summed E-state index contributed by atoms with van der Waals surface area (Å²) in [7, 11) is 0. The second-order valence-corrected chi connectivity index (χ2v) is 5.59. The van der Waals surface area contributed by atoms with Crippen LogP contribution in [0, 0.1) is 10.1 Å². The van der Waals surface area contributed by atoms with Crippen LogP contribution in [0.25, 0.3) is 17.4 Å². The number of allylic oxidation sites excluding steroid dienone is 1. The number of hydrogen-bond acceptors (Lipinski definition) is 4. The molecule has 5 nitrogen and oxygen atoms in total. The maximum Gasteiger partial charge on any atom is 0.270 e. The van der Waals surface area contributed by atoms with Crippen molar-refractivity contribution in [2.45, 2.75) is 0 Å². The van der Waals surface area contributed by atoms with E-state index in [2.05, 4.69) is 0 Å².